The molecule has 2 aliphatic rings. The largest absolute Gasteiger partial charge is 0.389 e. The molecule has 2 rings (SSSR count). The molecule has 3 atom stereocenters. The maximum Gasteiger partial charge on any atom is 0.0948 e. The van der Waals surface area contributed by atoms with Gasteiger partial charge in [-0.3, -0.25) is 0 Å². The summed E-state index contributed by atoms with van der Waals surface area (Å²) in [6.07, 6.45) is 4.85. The Hall–Kier alpha value is -0.120. The quantitative estimate of drug-likeness (QED) is 0.726. The fourth-order valence-corrected chi connectivity index (χ4v) is 2.76. The van der Waals surface area contributed by atoms with E-state index in [1.54, 1.807) is 0 Å². The van der Waals surface area contributed by atoms with E-state index in [-0.39, 0.29) is 12.1 Å². The number of aliphatic hydroxyl groups excluding tert-OH is 1. The molecule has 1 aliphatic heterocycles. The van der Waals surface area contributed by atoms with Crippen molar-refractivity contribution in [2.45, 2.75) is 57.7 Å². The highest BCUT2D eigenvalue weighted by Crippen LogP contribution is 2.35. The highest BCUT2D eigenvalue weighted by atomic mass is 16.5. The Bertz CT molecular complexity index is 218. The van der Waals surface area contributed by atoms with Gasteiger partial charge < -0.3 is 15.2 Å². The average molecular weight is 213 g/mol. The lowest BCUT2D eigenvalue weighted by Crippen LogP contribution is -2.52. The topological polar surface area (TPSA) is 41.5 Å². The van der Waals surface area contributed by atoms with Crippen molar-refractivity contribution < 1.29 is 9.84 Å². The van der Waals surface area contributed by atoms with E-state index >= 15 is 0 Å². The van der Waals surface area contributed by atoms with Crippen LogP contribution in [0.1, 0.15) is 39.5 Å². The van der Waals surface area contributed by atoms with Crippen LogP contribution in [0.4, 0.5) is 0 Å². The SMILES string of the molecule is CC1(C)CCCCC1NC1COCC1O. The van der Waals surface area contributed by atoms with Crippen LogP contribution < -0.4 is 5.32 Å². The van der Waals surface area contributed by atoms with Crippen LogP contribution in [0.25, 0.3) is 0 Å². The molecular formula is C12H23NO2. The zero-order valence-corrected chi connectivity index (χ0v) is 9.83. The van der Waals surface area contributed by atoms with Gasteiger partial charge in [0.1, 0.15) is 0 Å². The maximum atomic E-state index is 9.70. The molecule has 3 unspecified atom stereocenters. The van der Waals surface area contributed by atoms with Gasteiger partial charge in [0.25, 0.3) is 0 Å². The molecule has 1 saturated carbocycles. The van der Waals surface area contributed by atoms with Crippen LogP contribution in [0.3, 0.4) is 0 Å². The number of hydrogen-bond donors (Lipinski definition) is 2. The zero-order chi connectivity index (χ0) is 10.9. The van der Waals surface area contributed by atoms with Crippen molar-refractivity contribution in [2.24, 2.45) is 5.41 Å². The molecular weight excluding hydrogens is 190 g/mol. The van der Waals surface area contributed by atoms with Crippen LogP contribution in [0.5, 0.6) is 0 Å². The van der Waals surface area contributed by atoms with E-state index in [4.69, 9.17) is 4.74 Å². The summed E-state index contributed by atoms with van der Waals surface area (Å²) in [6, 6.07) is 0.681. The number of aliphatic hydroxyl groups is 1. The van der Waals surface area contributed by atoms with Gasteiger partial charge in [0.2, 0.25) is 0 Å². The second kappa shape index (κ2) is 4.40. The van der Waals surface area contributed by atoms with Crippen LogP contribution in [-0.2, 0) is 4.74 Å². The molecule has 0 aromatic heterocycles. The number of nitrogens with one attached hydrogen (secondary N) is 1. The molecule has 2 N–H and O–H groups in total. The average Bonchev–Trinajstić information content (AvgIpc) is 2.56. The third-order valence-corrected chi connectivity index (χ3v) is 3.97. The molecule has 3 heteroatoms. The molecule has 0 bridgehead atoms. The van der Waals surface area contributed by atoms with E-state index in [1.807, 2.05) is 0 Å². The Balaban J connectivity index is 1.92. The van der Waals surface area contributed by atoms with Gasteiger partial charge in [0.05, 0.1) is 25.4 Å². The number of ether oxygens (including phenoxy) is 1. The fraction of sp³-hybridized carbons (Fsp3) is 1.00. The molecule has 1 aliphatic carbocycles. The Kier molecular flexibility index (Phi) is 3.33. The van der Waals surface area contributed by atoms with Gasteiger partial charge >= 0.3 is 0 Å². The first kappa shape index (κ1) is 11.4. The Morgan fingerprint density at radius 3 is 2.67 bits per heavy atom. The van der Waals surface area contributed by atoms with Crippen LogP contribution >= 0.6 is 0 Å². The summed E-state index contributed by atoms with van der Waals surface area (Å²) in [4.78, 5) is 0. The van der Waals surface area contributed by atoms with E-state index < -0.39 is 0 Å². The molecule has 3 nitrogen and oxygen atoms in total. The van der Waals surface area contributed by atoms with Crippen molar-refractivity contribution in [2.75, 3.05) is 13.2 Å². The molecule has 0 spiro atoms. The Labute approximate surface area is 92.2 Å². The van der Waals surface area contributed by atoms with Crippen LogP contribution in [0.15, 0.2) is 0 Å². The summed E-state index contributed by atoms with van der Waals surface area (Å²) in [5.41, 5.74) is 0.362. The molecule has 1 heterocycles. The van der Waals surface area contributed by atoms with Crippen molar-refractivity contribution in [3.05, 3.63) is 0 Å². The Morgan fingerprint density at radius 2 is 2.07 bits per heavy atom. The summed E-state index contributed by atoms with van der Waals surface area (Å²) in [6.45, 7) is 5.80. The van der Waals surface area contributed by atoms with E-state index in [0.29, 0.717) is 24.7 Å². The van der Waals surface area contributed by atoms with Gasteiger partial charge in [0, 0.05) is 6.04 Å². The summed E-state index contributed by atoms with van der Waals surface area (Å²) < 4.78 is 5.27. The van der Waals surface area contributed by atoms with Gasteiger partial charge in [-0.25, -0.2) is 0 Å². The summed E-state index contributed by atoms with van der Waals surface area (Å²) in [7, 11) is 0. The van der Waals surface area contributed by atoms with E-state index in [9.17, 15) is 5.11 Å². The normalized spacial score (nSPS) is 40.6. The molecule has 15 heavy (non-hydrogen) atoms. The van der Waals surface area contributed by atoms with E-state index in [0.717, 1.165) is 0 Å². The van der Waals surface area contributed by atoms with Gasteiger partial charge in [-0.05, 0) is 18.3 Å². The first-order valence-electron chi connectivity index (χ1n) is 6.11. The predicted molar refractivity (Wildman–Crippen MR) is 59.8 cm³/mol. The molecule has 0 aromatic carbocycles. The van der Waals surface area contributed by atoms with Crippen molar-refractivity contribution >= 4 is 0 Å². The van der Waals surface area contributed by atoms with Crippen LogP contribution in [-0.4, -0.2) is 36.5 Å². The van der Waals surface area contributed by atoms with Gasteiger partial charge in [0.15, 0.2) is 0 Å². The standard InChI is InChI=1S/C12H23NO2/c1-12(2)6-4-3-5-11(12)13-9-7-15-8-10(9)14/h9-11,13-14H,3-8H2,1-2H3. The monoisotopic (exact) mass is 213 g/mol. The fourth-order valence-electron chi connectivity index (χ4n) is 2.76. The number of hydrogen-bond acceptors (Lipinski definition) is 3. The minimum Gasteiger partial charge on any atom is -0.389 e. The minimum absolute atomic E-state index is 0.146. The summed E-state index contributed by atoms with van der Waals surface area (Å²) >= 11 is 0. The van der Waals surface area contributed by atoms with Crippen molar-refractivity contribution in [1.29, 1.82) is 0 Å². The maximum absolute atomic E-state index is 9.70. The van der Waals surface area contributed by atoms with E-state index in [1.165, 1.54) is 25.7 Å². The molecule has 88 valence electrons. The summed E-state index contributed by atoms with van der Waals surface area (Å²) in [5, 5.41) is 13.3. The third kappa shape index (κ3) is 2.52. The lowest BCUT2D eigenvalue weighted by Gasteiger charge is -2.41. The van der Waals surface area contributed by atoms with Crippen LogP contribution in [0.2, 0.25) is 0 Å². The molecule has 1 saturated heterocycles. The highest BCUT2D eigenvalue weighted by Gasteiger charge is 2.36. The van der Waals surface area contributed by atoms with Gasteiger partial charge in [-0.1, -0.05) is 26.7 Å². The molecule has 2 fully saturated rings. The zero-order valence-electron chi connectivity index (χ0n) is 9.83. The lowest BCUT2D eigenvalue weighted by molar-refractivity contribution is 0.106. The second-order valence-corrected chi connectivity index (χ2v) is 5.66. The first-order chi connectivity index (χ1) is 7.09. The highest BCUT2D eigenvalue weighted by molar-refractivity contribution is 4.92. The smallest absolute Gasteiger partial charge is 0.0948 e. The number of rotatable bonds is 2. The van der Waals surface area contributed by atoms with Crippen LogP contribution in [0, 0.1) is 5.41 Å². The minimum atomic E-state index is -0.317. The predicted octanol–water partition coefficient (Wildman–Crippen LogP) is 1.30. The summed E-state index contributed by atoms with van der Waals surface area (Å²) in [5.74, 6) is 0. The van der Waals surface area contributed by atoms with E-state index in [2.05, 4.69) is 19.2 Å². The van der Waals surface area contributed by atoms with Crippen molar-refractivity contribution in [3.8, 4) is 0 Å². The molecule has 0 amide bonds. The Morgan fingerprint density at radius 1 is 1.27 bits per heavy atom. The van der Waals surface area contributed by atoms with Gasteiger partial charge in [-0.2, -0.15) is 0 Å². The third-order valence-electron chi connectivity index (χ3n) is 3.97. The first-order valence-corrected chi connectivity index (χ1v) is 6.11. The molecule has 0 aromatic rings. The second-order valence-electron chi connectivity index (χ2n) is 5.66. The van der Waals surface area contributed by atoms with Gasteiger partial charge in [-0.15, -0.1) is 0 Å². The van der Waals surface area contributed by atoms with Crippen molar-refractivity contribution in [3.63, 3.8) is 0 Å². The lowest BCUT2D eigenvalue weighted by atomic mass is 9.73. The molecule has 0 radical (unpaired) electrons. The van der Waals surface area contributed by atoms with Crippen molar-refractivity contribution in [1.82, 2.24) is 5.32 Å².